The average molecular weight is 384 g/mol. The Morgan fingerprint density at radius 2 is 2.07 bits per heavy atom. The average Bonchev–Trinajstić information content (AvgIpc) is 3.09. The smallest absolute Gasteiger partial charge is 0.337 e. The lowest BCUT2D eigenvalue weighted by atomic mass is 10.1. The summed E-state index contributed by atoms with van der Waals surface area (Å²) in [5, 5.41) is 6.98. The summed E-state index contributed by atoms with van der Waals surface area (Å²) >= 11 is 5.39. The van der Waals surface area contributed by atoms with E-state index in [0.29, 0.717) is 10.7 Å². The van der Waals surface area contributed by atoms with Gasteiger partial charge in [-0.1, -0.05) is 24.3 Å². The predicted molar refractivity (Wildman–Crippen MR) is 114 cm³/mol. The third-order valence-corrected chi connectivity index (χ3v) is 5.03. The highest BCUT2D eigenvalue weighted by Gasteiger charge is 2.17. The van der Waals surface area contributed by atoms with Crippen molar-refractivity contribution in [2.45, 2.75) is 19.8 Å². The van der Waals surface area contributed by atoms with Gasteiger partial charge >= 0.3 is 5.97 Å². The minimum atomic E-state index is -0.358. The van der Waals surface area contributed by atoms with Crippen LogP contribution in [0.3, 0.4) is 0 Å². The van der Waals surface area contributed by atoms with E-state index in [9.17, 15) is 4.79 Å². The lowest BCUT2D eigenvalue weighted by Crippen LogP contribution is -2.32. The number of aryl methyl sites for hydroxylation is 1. The van der Waals surface area contributed by atoms with Gasteiger partial charge in [0.15, 0.2) is 5.11 Å². The molecular formula is C21H25N3O2S. The quantitative estimate of drug-likeness (QED) is 0.452. The van der Waals surface area contributed by atoms with Gasteiger partial charge < -0.3 is 20.3 Å². The van der Waals surface area contributed by atoms with Crippen LogP contribution in [0.25, 0.3) is 0 Å². The molecule has 1 aliphatic rings. The monoisotopic (exact) mass is 383 g/mol. The first kappa shape index (κ1) is 19.2. The molecule has 3 rings (SSSR count). The number of nitrogens with zero attached hydrogens (tertiary/aromatic N) is 1. The predicted octanol–water partition coefficient (Wildman–Crippen LogP) is 3.52. The molecule has 0 fully saturated rings. The van der Waals surface area contributed by atoms with E-state index in [1.807, 2.05) is 13.0 Å². The molecule has 0 amide bonds. The maximum absolute atomic E-state index is 11.7. The topological polar surface area (TPSA) is 53.6 Å². The SMILES string of the molecule is COC(=O)c1ccc(C)c(NC(=S)NCCCN2CCc3ccccc32)c1. The number of ether oxygens (including phenoxy) is 1. The Morgan fingerprint density at radius 3 is 2.89 bits per heavy atom. The van der Waals surface area contributed by atoms with E-state index in [2.05, 4.69) is 39.8 Å². The van der Waals surface area contributed by atoms with Crippen molar-refractivity contribution in [2.75, 3.05) is 37.0 Å². The Hall–Kier alpha value is -2.60. The van der Waals surface area contributed by atoms with Gasteiger partial charge in [0, 0.05) is 31.0 Å². The first-order valence-corrected chi connectivity index (χ1v) is 9.56. The summed E-state index contributed by atoms with van der Waals surface area (Å²) in [6.07, 6.45) is 2.12. The minimum Gasteiger partial charge on any atom is -0.465 e. The molecule has 2 aromatic rings. The highest BCUT2D eigenvalue weighted by Crippen LogP contribution is 2.27. The van der Waals surface area contributed by atoms with Crippen LogP contribution >= 0.6 is 12.2 Å². The Morgan fingerprint density at radius 1 is 1.26 bits per heavy atom. The molecule has 0 spiro atoms. The van der Waals surface area contributed by atoms with Crippen LogP contribution in [0.4, 0.5) is 11.4 Å². The molecule has 1 heterocycles. The third kappa shape index (κ3) is 4.77. The van der Waals surface area contributed by atoms with E-state index in [1.54, 1.807) is 12.1 Å². The van der Waals surface area contributed by atoms with Crippen LogP contribution in [-0.2, 0) is 11.2 Å². The molecule has 0 saturated heterocycles. The second-order valence-corrected chi connectivity index (χ2v) is 7.03. The number of carbonyl (C=O) groups excluding carboxylic acids is 1. The van der Waals surface area contributed by atoms with E-state index in [0.717, 1.165) is 43.7 Å². The third-order valence-electron chi connectivity index (χ3n) is 4.78. The largest absolute Gasteiger partial charge is 0.465 e. The van der Waals surface area contributed by atoms with Gasteiger partial charge in [-0.2, -0.15) is 0 Å². The summed E-state index contributed by atoms with van der Waals surface area (Å²) < 4.78 is 4.77. The molecule has 0 bridgehead atoms. The molecular weight excluding hydrogens is 358 g/mol. The van der Waals surface area contributed by atoms with Crippen molar-refractivity contribution in [3.05, 3.63) is 59.2 Å². The number of hydrogen-bond acceptors (Lipinski definition) is 4. The fourth-order valence-electron chi connectivity index (χ4n) is 3.28. The fourth-order valence-corrected chi connectivity index (χ4v) is 3.49. The van der Waals surface area contributed by atoms with Gasteiger partial charge in [0.1, 0.15) is 0 Å². The molecule has 0 atom stereocenters. The number of anilines is 2. The van der Waals surface area contributed by atoms with E-state index in [4.69, 9.17) is 17.0 Å². The number of fused-ring (bicyclic) bond motifs is 1. The number of benzene rings is 2. The van der Waals surface area contributed by atoms with Crippen molar-refractivity contribution in [3.63, 3.8) is 0 Å². The summed E-state index contributed by atoms with van der Waals surface area (Å²) in [6, 6.07) is 14.0. The zero-order chi connectivity index (χ0) is 19.2. The van der Waals surface area contributed by atoms with Crippen molar-refractivity contribution in [2.24, 2.45) is 0 Å². The number of rotatable bonds is 6. The van der Waals surface area contributed by atoms with Crippen molar-refractivity contribution in [3.8, 4) is 0 Å². The van der Waals surface area contributed by atoms with E-state index in [1.165, 1.54) is 18.4 Å². The zero-order valence-electron chi connectivity index (χ0n) is 15.7. The first-order chi connectivity index (χ1) is 13.1. The number of esters is 1. The number of carbonyl (C=O) groups is 1. The van der Waals surface area contributed by atoms with Gasteiger partial charge in [-0.3, -0.25) is 0 Å². The van der Waals surface area contributed by atoms with Crippen molar-refractivity contribution in [1.82, 2.24) is 5.32 Å². The number of methoxy groups -OCH3 is 1. The molecule has 0 radical (unpaired) electrons. The van der Waals surface area contributed by atoms with Gasteiger partial charge in [-0.25, -0.2) is 4.79 Å². The Labute approximate surface area is 165 Å². The molecule has 27 heavy (non-hydrogen) atoms. The highest BCUT2D eigenvalue weighted by atomic mass is 32.1. The van der Waals surface area contributed by atoms with Crippen molar-refractivity contribution in [1.29, 1.82) is 0 Å². The summed E-state index contributed by atoms with van der Waals surface area (Å²) in [4.78, 5) is 14.1. The molecule has 6 heteroatoms. The van der Waals surface area contributed by atoms with E-state index >= 15 is 0 Å². The number of thiocarbonyl (C=S) groups is 1. The zero-order valence-corrected chi connectivity index (χ0v) is 16.6. The number of para-hydroxylation sites is 1. The highest BCUT2D eigenvalue weighted by molar-refractivity contribution is 7.80. The molecule has 0 aliphatic carbocycles. The normalized spacial score (nSPS) is 12.4. The van der Waals surface area contributed by atoms with Gasteiger partial charge in [-0.05, 0) is 61.3 Å². The molecule has 1 aliphatic heterocycles. The lowest BCUT2D eigenvalue weighted by Gasteiger charge is -2.20. The number of hydrogen-bond donors (Lipinski definition) is 2. The molecule has 0 unspecified atom stereocenters. The van der Waals surface area contributed by atoms with E-state index in [-0.39, 0.29) is 5.97 Å². The molecule has 2 N–H and O–H groups in total. The maximum Gasteiger partial charge on any atom is 0.337 e. The Balaban J connectivity index is 1.46. The first-order valence-electron chi connectivity index (χ1n) is 9.15. The van der Waals surface area contributed by atoms with Crippen molar-refractivity contribution < 1.29 is 9.53 Å². The van der Waals surface area contributed by atoms with E-state index < -0.39 is 0 Å². The second-order valence-electron chi connectivity index (χ2n) is 6.62. The lowest BCUT2D eigenvalue weighted by molar-refractivity contribution is 0.0601. The van der Waals surface area contributed by atoms with Gasteiger partial charge in [-0.15, -0.1) is 0 Å². The summed E-state index contributed by atoms with van der Waals surface area (Å²) in [7, 11) is 1.38. The van der Waals surface area contributed by atoms with Gasteiger partial charge in [0.05, 0.1) is 12.7 Å². The van der Waals surface area contributed by atoms with Crippen LogP contribution in [-0.4, -0.2) is 37.8 Å². The molecule has 2 aromatic carbocycles. The van der Waals surface area contributed by atoms with Crippen LogP contribution in [0, 0.1) is 6.92 Å². The molecule has 5 nitrogen and oxygen atoms in total. The second kappa shape index (κ2) is 8.86. The Kier molecular flexibility index (Phi) is 6.29. The van der Waals surface area contributed by atoms with Crippen LogP contribution in [0.5, 0.6) is 0 Å². The maximum atomic E-state index is 11.7. The summed E-state index contributed by atoms with van der Waals surface area (Å²) in [5.74, 6) is -0.358. The van der Waals surface area contributed by atoms with Gasteiger partial charge in [0.2, 0.25) is 0 Å². The minimum absolute atomic E-state index is 0.358. The molecule has 0 saturated carbocycles. The number of nitrogens with one attached hydrogen (secondary N) is 2. The van der Waals surface area contributed by atoms with Crippen LogP contribution < -0.4 is 15.5 Å². The molecule has 0 aromatic heterocycles. The van der Waals surface area contributed by atoms with Crippen LogP contribution in [0.1, 0.15) is 27.9 Å². The Bertz CT molecular complexity index is 838. The summed E-state index contributed by atoms with van der Waals surface area (Å²) in [5.41, 5.74) is 5.11. The fraction of sp³-hybridized carbons (Fsp3) is 0.333. The standard InChI is InChI=1S/C21H25N3O2S/c1-15-8-9-17(20(25)26-2)14-18(15)23-21(27)22-11-5-12-24-13-10-16-6-3-4-7-19(16)24/h3-4,6-9,14H,5,10-13H2,1-2H3,(H2,22,23,27). The van der Waals surface area contributed by atoms with Crippen LogP contribution in [0.15, 0.2) is 42.5 Å². The van der Waals surface area contributed by atoms with Gasteiger partial charge in [0.25, 0.3) is 0 Å². The van der Waals surface area contributed by atoms with Crippen LogP contribution in [0.2, 0.25) is 0 Å². The molecule has 142 valence electrons. The summed E-state index contributed by atoms with van der Waals surface area (Å²) in [6.45, 7) is 4.85. The van der Waals surface area contributed by atoms with Crippen molar-refractivity contribution >= 4 is 34.7 Å².